The first-order valence-electron chi connectivity index (χ1n) is 8.73. The van der Waals surface area contributed by atoms with Crippen LogP contribution in [0.15, 0.2) is 53.4 Å². The maximum Gasteiger partial charge on any atom is 0.255 e. The topological polar surface area (TPSA) is 95.6 Å². The van der Waals surface area contributed by atoms with Gasteiger partial charge in [0.25, 0.3) is 5.91 Å². The van der Waals surface area contributed by atoms with Crippen LogP contribution < -0.4 is 14.9 Å². The number of rotatable bonds is 6. The predicted octanol–water partition coefficient (Wildman–Crippen LogP) is 2.36. The van der Waals surface area contributed by atoms with Crippen LogP contribution in [-0.2, 0) is 14.8 Å². The molecule has 0 spiro atoms. The Labute approximate surface area is 158 Å². The zero-order valence-electron chi connectivity index (χ0n) is 14.9. The average molecular weight is 387 g/mol. The Morgan fingerprint density at radius 2 is 1.93 bits per heavy atom. The highest BCUT2D eigenvalue weighted by atomic mass is 32.2. The van der Waals surface area contributed by atoms with Gasteiger partial charge in [0.2, 0.25) is 15.9 Å². The van der Waals surface area contributed by atoms with E-state index in [1.165, 1.54) is 18.2 Å². The van der Waals surface area contributed by atoms with Crippen LogP contribution in [0.4, 0.5) is 11.4 Å². The van der Waals surface area contributed by atoms with Crippen molar-refractivity contribution >= 4 is 33.2 Å². The molecule has 2 aromatic carbocycles. The lowest BCUT2D eigenvalue weighted by atomic mass is 10.2. The van der Waals surface area contributed by atoms with Crippen LogP contribution in [0.1, 0.15) is 30.1 Å². The van der Waals surface area contributed by atoms with Gasteiger partial charge in [-0.15, -0.1) is 0 Å². The van der Waals surface area contributed by atoms with E-state index in [9.17, 15) is 18.0 Å². The van der Waals surface area contributed by atoms with Crippen LogP contribution in [0.25, 0.3) is 0 Å². The molecule has 0 aromatic heterocycles. The summed E-state index contributed by atoms with van der Waals surface area (Å²) in [5.74, 6) is -0.418. The van der Waals surface area contributed by atoms with Crippen LogP contribution in [0.3, 0.4) is 0 Å². The van der Waals surface area contributed by atoms with Crippen LogP contribution in [0.5, 0.6) is 0 Å². The number of sulfonamides is 1. The minimum atomic E-state index is -3.65. The number of hydrogen-bond acceptors (Lipinski definition) is 4. The molecule has 2 amide bonds. The van der Waals surface area contributed by atoms with Crippen molar-refractivity contribution in [2.75, 3.05) is 23.3 Å². The summed E-state index contributed by atoms with van der Waals surface area (Å²) in [5, 5.41) is 2.79. The quantitative estimate of drug-likeness (QED) is 0.795. The molecule has 1 aliphatic heterocycles. The first kappa shape index (κ1) is 19.1. The SMILES string of the molecule is CCNS(=O)(=O)c1cccc(C(=O)Nc2ccccc2N2CCCC2=O)c1. The molecule has 0 aliphatic carbocycles. The van der Waals surface area contributed by atoms with Crippen molar-refractivity contribution in [2.24, 2.45) is 0 Å². The molecule has 1 fully saturated rings. The molecule has 0 bridgehead atoms. The van der Waals surface area contributed by atoms with Gasteiger partial charge in [-0.3, -0.25) is 9.59 Å². The number of nitrogens with one attached hydrogen (secondary N) is 2. The fourth-order valence-corrected chi connectivity index (χ4v) is 4.08. The Balaban J connectivity index is 1.86. The van der Waals surface area contributed by atoms with Crippen molar-refractivity contribution in [1.29, 1.82) is 0 Å². The fourth-order valence-electron chi connectivity index (χ4n) is 2.99. The van der Waals surface area contributed by atoms with Gasteiger partial charge in [-0.1, -0.05) is 25.1 Å². The number of carbonyl (C=O) groups is 2. The molecule has 0 radical (unpaired) electrons. The largest absolute Gasteiger partial charge is 0.320 e. The number of hydrogen-bond donors (Lipinski definition) is 2. The van der Waals surface area contributed by atoms with E-state index in [0.29, 0.717) is 24.3 Å². The summed E-state index contributed by atoms with van der Waals surface area (Å²) in [5.41, 5.74) is 1.37. The molecule has 0 unspecified atom stereocenters. The number of anilines is 2. The summed E-state index contributed by atoms with van der Waals surface area (Å²) in [4.78, 5) is 26.4. The van der Waals surface area contributed by atoms with Crippen LogP contribution >= 0.6 is 0 Å². The van der Waals surface area contributed by atoms with E-state index < -0.39 is 15.9 Å². The van der Waals surface area contributed by atoms with E-state index in [0.717, 1.165) is 6.42 Å². The molecule has 7 nitrogen and oxygen atoms in total. The van der Waals surface area contributed by atoms with Crippen molar-refractivity contribution < 1.29 is 18.0 Å². The van der Waals surface area contributed by atoms with Gasteiger partial charge in [0.15, 0.2) is 0 Å². The molecule has 1 saturated heterocycles. The lowest BCUT2D eigenvalue weighted by Crippen LogP contribution is -2.26. The Morgan fingerprint density at radius 3 is 2.63 bits per heavy atom. The molecule has 8 heteroatoms. The average Bonchev–Trinajstić information content (AvgIpc) is 3.08. The maximum absolute atomic E-state index is 12.7. The van der Waals surface area contributed by atoms with E-state index >= 15 is 0 Å². The molecular weight excluding hydrogens is 366 g/mol. The smallest absolute Gasteiger partial charge is 0.255 e. The zero-order valence-corrected chi connectivity index (χ0v) is 15.8. The highest BCUT2D eigenvalue weighted by Crippen LogP contribution is 2.29. The molecule has 3 rings (SSSR count). The molecule has 1 heterocycles. The van der Waals surface area contributed by atoms with Gasteiger partial charge < -0.3 is 10.2 Å². The number of para-hydroxylation sites is 2. The van der Waals surface area contributed by atoms with Crippen molar-refractivity contribution in [2.45, 2.75) is 24.7 Å². The van der Waals surface area contributed by atoms with Gasteiger partial charge in [0.1, 0.15) is 0 Å². The number of benzene rings is 2. The van der Waals surface area contributed by atoms with Gasteiger partial charge in [0, 0.05) is 25.1 Å². The van der Waals surface area contributed by atoms with Crippen molar-refractivity contribution in [3.8, 4) is 0 Å². The third kappa shape index (κ3) is 4.17. The van der Waals surface area contributed by atoms with Crippen LogP contribution in [0, 0.1) is 0 Å². The van der Waals surface area contributed by atoms with Gasteiger partial charge in [-0.25, -0.2) is 13.1 Å². The zero-order chi connectivity index (χ0) is 19.4. The molecule has 27 heavy (non-hydrogen) atoms. The summed E-state index contributed by atoms with van der Waals surface area (Å²) in [6, 6.07) is 12.9. The molecule has 2 aromatic rings. The second-order valence-corrected chi connectivity index (χ2v) is 7.92. The number of nitrogens with zero attached hydrogens (tertiary/aromatic N) is 1. The van der Waals surface area contributed by atoms with Crippen LogP contribution in [0.2, 0.25) is 0 Å². The van der Waals surface area contributed by atoms with Crippen LogP contribution in [-0.4, -0.2) is 33.3 Å². The van der Waals surface area contributed by atoms with Crippen molar-refractivity contribution in [1.82, 2.24) is 4.72 Å². The Bertz CT molecular complexity index is 972. The first-order valence-corrected chi connectivity index (χ1v) is 10.2. The van der Waals surface area contributed by atoms with E-state index in [4.69, 9.17) is 0 Å². The Morgan fingerprint density at radius 1 is 1.15 bits per heavy atom. The number of carbonyl (C=O) groups excluding carboxylic acids is 2. The highest BCUT2D eigenvalue weighted by molar-refractivity contribution is 7.89. The molecular formula is C19H21N3O4S. The van der Waals surface area contributed by atoms with E-state index in [-0.39, 0.29) is 22.9 Å². The standard InChI is InChI=1S/C19H21N3O4S/c1-2-20-27(25,26)15-8-5-7-14(13-15)19(24)21-16-9-3-4-10-17(16)22-12-6-11-18(22)23/h3-5,7-10,13,20H,2,6,11-12H2,1H3,(H,21,24). The fraction of sp³-hybridized carbons (Fsp3) is 0.263. The Hall–Kier alpha value is -2.71. The van der Waals surface area contributed by atoms with Crippen molar-refractivity contribution in [3.63, 3.8) is 0 Å². The second kappa shape index (κ2) is 7.89. The number of amides is 2. The minimum absolute atomic E-state index is 0.0235. The normalized spacial score (nSPS) is 14.4. The van der Waals surface area contributed by atoms with Crippen molar-refractivity contribution in [3.05, 3.63) is 54.1 Å². The van der Waals surface area contributed by atoms with Gasteiger partial charge in [0.05, 0.1) is 16.3 Å². The molecule has 1 aliphatic rings. The lowest BCUT2D eigenvalue weighted by Gasteiger charge is -2.20. The second-order valence-electron chi connectivity index (χ2n) is 6.15. The molecule has 0 saturated carbocycles. The molecule has 142 valence electrons. The van der Waals surface area contributed by atoms with Gasteiger partial charge in [-0.05, 0) is 36.8 Å². The third-order valence-electron chi connectivity index (χ3n) is 4.26. The minimum Gasteiger partial charge on any atom is -0.320 e. The predicted molar refractivity (Wildman–Crippen MR) is 103 cm³/mol. The third-order valence-corrected chi connectivity index (χ3v) is 5.80. The molecule has 0 atom stereocenters. The summed E-state index contributed by atoms with van der Waals surface area (Å²) < 4.78 is 26.7. The maximum atomic E-state index is 12.7. The van der Waals surface area contributed by atoms with E-state index in [1.54, 1.807) is 42.2 Å². The Kier molecular flexibility index (Phi) is 5.57. The summed E-state index contributed by atoms with van der Waals surface area (Å²) in [6.07, 6.45) is 1.28. The summed E-state index contributed by atoms with van der Waals surface area (Å²) in [6.45, 7) is 2.56. The highest BCUT2D eigenvalue weighted by Gasteiger charge is 2.24. The summed E-state index contributed by atoms with van der Waals surface area (Å²) >= 11 is 0. The first-order chi connectivity index (χ1) is 12.9. The monoisotopic (exact) mass is 387 g/mol. The van der Waals surface area contributed by atoms with Gasteiger partial charge >= 0.3 is 0 Å². The van der Waals surface area contributed by atoms with Gasteiger partial charge in [-0.2, -0.15) is 0 Å². The summed E-state index contributed by atoms with van der Waals surface area (Å²) in [7, 11) is -3.65. The molecule has 2 N–H and O–H groups in total. The van der Waals surface area contributed by atoms with E-state index in [1.807, 2.05) is 0 Å². The lowest BCUT2D eigenvalue weighted by molar-refractivity contribution is -0.117. The van der Waals surface area contributed by atoms with E-state index in [2.05, 4.69) is 10.0 Å².